The van der Waals surface area contributed by atoms with Gasteiger partial charge in [-0.2, -0.15) is 0 Å². The predicted molar refractivity (Wildman–Crippen MR) is 38.3 cm³/mol. The van der Waals surface area contributed by atoms with E-state index in [2.05, 4.69) is 12.2 Å². The summed E-state index contributed by atoms with van der Waals surface area (Å²) in [7, 11) is 0. The fourth-order valence-corrected chi connectivity index (χ4v) is 2.25. The maximum Gasteiger partial charge on any atom is -0.00150 e. The minimum atomic E-state index is 0.825. The van der Waals surface area contributed by atoms with Gasteiger partial charge in [-0.1, -0.05) is 13.3 Å². The van der Waals surface area contributed by atoms with Crippen LogP contribution in [0.3, 0.4) is 0 Å². The molecule has 2 atom stereocenters. The van der Waals surface area contributed by atoms with Gasteiger partial charge >= 0.3 is 0 Å². The Morgan fingerprint density at radius 3 is 3.11 bits per heavy atom. The van der Waals surface area contributed by atoms with Gasteiger partial charge in [-0.25, -0.2) is 0 Å². The monoisotopic (exact) mass is 125 g/mol. The van der Waals surface area contributed by atoms with Crippen molar-refractivity contribution in [1.29, 1.82) is 0 Å². The lowest BCUT2D eigenvalue weighted by Gasteiger charge is -2.20. The summed E-state index contributed by atoms with van der Waals surface area (Å²) in [6, 6.07) is 0. The van der Waals surface area contributed by atoms with E-state index in [1.807, 2.05) is 0 Å². The average Bonchev–Trinajstić information content (AvgIpc) is 2.62. The molecular weight excluding hydrogens is 110 g/mol. The third-order valence-electron chi connectivity index (χ3n) is 3.25. The summed E-state index contributed by atoms with van der Waals surface area (Å²) in [5, 5.41) is 3.44. The molecule has 0 radical (unpaired) electrons. The Labute approximate surface area is 56.8 Å². The number of piperidine rings is 1. The molecule has 1 heteroatoms. The zero-order valence-electron chi connectivity index (χ0n) is 6.11. The van der Waals surface area contributed by atoms with Crippen molar-refractivity contribution in [2.45, 2.75) is 26.2 Å². The number of hydrogen-bond acceptors (Lipinski definition) is 1. The van der Waals surface area contributed by atoms with Crippen molar-refractivity contribution in [2.24, 2.45) is 11.3 Å². The molecule has 2 aliphatic rings. The van der Waals surface area contributed by atoms with Gasteiger partial charge in [0.2, 0.25) is 0 Å². The number of nitrogens with one attached hydrogen (secondary N) is 1. The van der Waals surface area contributed by atoms with Gasteiger partial charge < -0.3 is 5.32 Å². The first-order chi connectivity index (χ1) is 4.37. The standard InChI is InChI=1S/C8H15N/c1-2-8-3-4-9-6-7(8)5-8/h7,9H,2-6H2,1H3. The molecule has 2 unspecified atom stereocenters. The lowest BCUT2D eigenvalue weighted by Crippen LogP contribution is -2.28. The van der Waals surface area contributed by atoms with E-state index >= 15 is 0 Å². The Morgan fingerprint density at radius 1 is 1.67 bits per heavy atom. The Morgan fingerprint density at radius 2 is 2.56 bits per heavy atom. The van der Waals surface area contributed by atoms with E-state index in [9.17, 15) is 0 Å². The van der Waals surface area contributed by atoms with E-state index < -0.39 is 0 Å². The first kappa shape index (κ1) is 5.72. The maximum atomic E-state index is 3.44. The molecular formula is C8H15N. The van der Waals surface area contributed by atoms with Gasteiger partial charge in [-0.15, -0.1) is 0 Å². The molecule has 1 heterocycles. The molecule has 0 aromatic rings. The van der Waals surface area contributed by atoms with Crippen LogP contribution >= 0.6 is 0 Å². The summed E-state index contributed by atoms with van der Waals surface area (Å²) < 4.78 is 0. The van der Waals surface area contributed by atoms with Crippen LogP contribution in [0.15, 0.2) is 0 Å². The van der Waals surface area contributed by atoms with Crippen LogP contribution < -0.4 is 5.32 Å². The number of rotatable bonds is 1. The second kappa shape index (κ2) is 1.72. The van der Waals surface area contributed by atoms with Crippen LogP contribution in [0.1, 0.15) is 26.2 Å². The molecule has 1 aliphatic heterocycles. The molecule has 2 rings (SSSR count). The van der Waals surface area contributed by atoms with Crippen LogP contribution in [0.5, 0.6) is 0 Å². The summed E-state index contributed by atoms with van der Waals surface area (Å²) in [5.41, 5.74) is 0.825. The zero-order chi connectivity index (χ0) is 6.32. The molecule has 1 saturated carbocycles. The molecule has 0 aromatic heterocycles. The smallest absolute Gasteiger partial charge is 0.00150 e. The van der Waals surface area contributed by atoms with Gasteiger partial charge in [0, 0.05) is 0 Å². The van der Waals surface area contributed by atoms with Crippen molar-refractivity contribution >= 4 is 0 Å². The minimum absolute atomic E-state index is 0.825. The van der Waals surface area contributed by atoms with Gasteiger partial charge in [-0.05, 0) is 37.3 Å². The van der Waals surface area contributed by atoms with Gasteiger partial charge in [0.25, 0.3) is 0 Å². The first-order valence-corrected chi connectivity index (χ1v) is 4.08. The van der Waals surface area contributed by atoms with E-state index in [0.29, 0.717) is 0 Å². The minimum Gasteiger partial charge on any atom is -0.316 e. The maximum absolute atomic E-state index is 3.44. The van der Waals surface area contributed by atoms with Crippen LogP contribution in [-0.4, -0.2) is 13.1 Å². The molecule has 0 aromatic carbocycles. The highest BCUT2D eigenvalue weighted by Gasteiger charge is 2.52. The van der Waals surface area contributed by atoms with Gasteiger partial charge in [0.05, 0.1) is 0 Å². The van der Waals surface area contributed by atoms with Crippen molar-refractivity contribution in [1.82, 2.24) is 5.32 Å². The lowest BCUT2D eigenvalue weighted by atomic mass is 9.94. The number of fused-ring (bicyclic) bond motifs is 1. The molecule has 1 saturated heterocycles. The van der Waals surface area contributed by atoms with E-state index in [1.165, 1.54) is 32.4 Å². The van der Waals surface area contributed by atoms with Crippen molar-refractivity contribution in [3.8, 4) is 0 Å². The zero-order valence-corrected chi connectivity index (χ0v) is 6.11. The second-order valence-electron chi connectivity index (χ2n) is 3.57. The van der Waals surface area contributed by atoms with E-state index in [0.717, 1.165) is 11.3 Å². The molecule has 1 N–H and O–H groups in total. The largest absolute Gasteiger partial charge is 0.316 e. The van der Waals surface area contributed by atoms with Crippen molar-refractivity contribution in [2.75, 3.05) is 13.1 Å². The summed E-state index contributed by atoms with van der Waals surface area (Å²) in [5.74, 6) is 1.05. The second-order valence-corrected chi connectivity index (χ2v) is 3.57. The van der Waals surface area contributed by atoms with Gasteiger partial charge in [-0.3, -0.25) is 0 Å². The Balaban J connectivity index is 2.01. The average molecular weight is 125 g/mol. The Hall–Kier alpha value is -0.0400. The van der Waals surface area contributed by atoms with Crippen LogP contribution in [0.2, 0.25) is 0 Å². The molecule has 1 aliphatic carbocycles. The quantitative estimate of drug-likeness (QED) is 0.558. The van der Waals surface area contributed by atoms with Crippen molar-refractivity contribution in [3.05, 3.63) is 0 Å². The summed E-state index contributed by atoms with van der Waals surface area (Å²) >= 11 is 0. The molecule has 2 fully saturated rings. The van der Waals surface area contributed by atoms with Gasteiger partial charge in [0.15, 0.2) is 0 Å². The van der Waals surface area contributed by atoms with Gasteiger partial charge in [0.1, 0.15) is 0 Å². The number of hydrogen-bond donors (Lipinski definition) is 1. The summed E-state index contributed by atoms with van der Waals surface area (Å²) in [6.45, 7) is 4.91. The fraction of sp³-hybridized carbons (Fsp3) is 1.00. The van der Waals surface area contributed by atoms with Crippen LogP contribution in [-0.2, 0) is 0 Å². The molecule has 9 heavy (non-hydrogen) atoms. The predicted octanol–water partition coefficient (Wildman–Crippen LogP) is 1.40. The SMILES string of the molecule is CCC12CCNCC1C2. The molecule has 1 nitrogen and oxygen atoms in total. The normalized spacial score (nSPS) is 48.3. The molecule has 0 spiro atoms. The van der Waals surface area contributed by atoms with E-state index in [4.69, 9.17) is 0 Å². The highest BCUT2D eigenvalue weighted by molar-refractivity contribution is 5.04. The molecule has 0 amide bonds. The van der Waals surface area contributed by atoms with Crippen LogP contribution in [0.4, 0.5) is 0 Å². The molecule has 52 valence electrons. The Kier molecular flexibility index (Phi) is 1.10. The van der Waals surface area contributed by atoms with Crippen LogP contribution in [0.25, 0.3) is 0 Å². The Bertz CT molecular complexity index is 122. The molecule has 0 bridgehead atoms. The summed E-state index contributed by atoms with van der Waals surface area (Å²) in [4.78, 5) is 0. The van der Waals surface area contributed by atoms with E-state index in [1.54, 1.807) is 0 Å². The fourth-order valence-electron chi connectivity index (χ4n) is 2.25. The topological polar surface area (TPSA) is 12.0 Å². The lowest BCUT2D eigenvalue weighted by molar-refractivity contribution is 0.342. The highest BCUT2D eigenvalue weighted by atomic mass is 14.9. The van der Waals surface area contributed by atoms with Crippen LogP contribution in [0, 0.1) is 11.3 Å². The third kappa shape index (κ3) is 0.710. The van der Waals surface area contributed by atoms with E-state index in [-0.39, 0.29) is 0 Å². The highest BCUT2D eigenvalue weighted by Crippen LogP contribution is 2.58. The summed E-state index contributed by atoms with van der Waals surface area (Å²) in [6.07, 6.45) is 4.37. The first-order valence-electron chi connectivity index (χ1n) is 4.08. The third-order valence-corrected chi connectivity index (χ3v) is 3.25. The van der Waals surface area contributed by atoms with Crippen molar-refractivity contribution < 1.29 is 0 Å². The van der Waals surface area contributed by atoms with Crippen molar-refractivity contribution in [3.63, 3.8) is 0 Å².